The third-order valence-electron chi connectivity index (χ3n) is 4.55. The Morgan fingerprint density at radius 1 is 1.30 bits per heavy atom. The first-order valence-corrected chi connectivity index (χ1v) is 9.95. The number of sulfone groups is 1. The zero-order valence-electron chi connectivity index (χ0n) is 13.7. The van der Waals surface area contributed by atoms with Crippen molar-refractivity contribution in [2.24, 2.45) is 11.8 Å². The predicted molar refractivity (Wildman–Crippen MR) is 85.8 cm³/mol. The third kappa shape index (κ3) is 5.70. The van der Waals surface area contributed by atoms with Crippen molar-refractivity contribution >= 4 is 9.84 Å². The minimum absolute atomic E-state index is 0.301. The van der Waals surface area contributed by atoms with Crippen molar-refractivity contribution in [1.29, 1.82) is 0 Å². The second kappa shape index (κ2) is 7.76. The highest BCUT2D eigenvalue weighted by Gasteiger charge is 2.31. The molecule has 1 saturated heterocycles. The number of rotatable bonds is 7. The van der Waals surface area contributed by atoms with Gasteiger partial charge in [-0.25, -0.2) is 8.42 Å². The van der Waals surface area contributed by atoms with E-state index in [0.717, 1.165) is 26.1 Å². The lowest BCUT2D eigenvalue weighted by atomic mass is 9.92. The predicted octanol–water partition coefficient (Wildman–Crippen LogP) is 1.77. The first-order chi connectivity index (χ1) is 9.24. The summed E-state index contributed by atoms with van der Waals surface area (Å²) in [6.45, 7) is 12.0. The van der Waals surface area contributed by atoms with Crippen LogP contribution in [0.2, 0.25) is 0 Å². The number of piperazine rings is 1. The summed E-state index contributed by atoms with van der Waals surface area (Å²) in [6.07, 6.45) is 3.25. The monoisotopic (exact) mass is 304 g/mol. The lowest BCUT2D eigenvalue weighted by molar-refractivity contribution is 0.0823. The van der Waals surface area contributed by atoms with Crippen LogP contribution < -0.4 is 5.32 Å². The largest absolute Gasteiger partial charge is 0.311 e. The summed E-state index contributed by atoms with van der Waals surface area (Å²) in [5.41, 5.74) is 0. The summed E-state index contributed by atoms with van der Waals surface area (Å²) in [5.74, 6) is 1.56. The Kier molecular flexibility index (Phi) is 6.95. The minimum Gasteiger partial charge on any atom is -0.311 e. The summed E-state index contributed by atoms with van der Waals surface area (Å²) < 4.78 is 22.6. The Hall–Kier alpha value is -0.130. The molecule has 5 heteroatoms. The molecule has 0 saturated carbocycles. The first kappa shape index (κ1) is 17.9. The molecule has 1 heterocycles. The molecule has 1 aliphatic heterocycles. The fraction of sp³-hybridized carbons (Fsp3) is 1.00. The van der Waals surface area contributed by atoms with Crippen LogP contribution in [0.5, 0.6) is 0 Å². The second-order valence-electron chi connectivity index (χ2n) is 6.69. The van der Waals surface area contributed by atoms with Gasteiger partial charge in [0.05, 0.1) is 5.75 Å². The van der Waals surface area contributed by atoms with Crippen LogP contribution in [0.4, 0.5) is 0 Å². The second-order valence-corrected chi connectivity index (χ2v) is 8.95. The Labute approximate surface area is 125 Å². The Balaban J connectivity index is 2.59. The number of hydrogen-bond donors (Lipinski definition) is 1. The molecule has 1 aliphatic rings. The van der Waals surface area contributed by atoms with Gasteiger partial charge in [-0.1, -0.05) is 34.1 Å². The molecule has 120 valence electrons. The van der Waals surface area contributed by atoms with E-state index < -0.39 is 9.84 Å². The average molecular weight is 305 g/mol. The van der Waals surface area contributed by atoms with Crippen LogP contribution in [0.3, 0.4) is 0 Å². The van der Waals surface area contributed by atoms with E-state index in [0.29, 0.717) is 29.7 Å². The lowest BCUT2D eigenvalue weighted by Gasteiger charge is -2.44. The fourth-order valence-electron chi connectivity index (χ4n) is 2.96. The van der Waals surface area contributed by atoms with Gasteiger partial charge in [0.2, 0.25) is 0 Å². The third-order valence-corrected chi connectivity index (χ3v) is 5.58. The van der Waals surface area contributed by atoms with E-state index in [1.807, 2.05) is 0 Å². The maximum Gasteiger partial charge on any atom is 0.147 e. The van der Waals surface area contributed by atoms with Gasteiger partial charge in [-0.05, 0) is 24.8 Å². The lowest BCUT2D eigenvalue weighted by Crippen LogP contribution is -2.60. The molecule has 0 spiro atoms. The van der Waals surface area contributed by atoms with Gasteiger partial charge >= 0.3 is 0 Å². The molecule has 0 radical (unpaired) electrons. The van der Waals surface area contributed by atoms with Crippen molar-refractivity contribution in [2.45, 2.75) is 52.6 Å². The van der Waals surface area contributed by atoms with Gasteiger partial charge in [-0.3, -0.25) is 4.90 Å². The molecule has 1 N–H and O–H groups in total. The standard InChI is InChI=1S/C15H32N2O2S/c1-6-13(4)14-11-17(8-7-9-20(5,18)19)15(10-16-14)12(2)3/h12-16H,6-11H2,1-5H3. The molecular weight excluding hydrogens is 272 g/mol. The molecule has 0 amide bonds. The van der Waals surface area contributed by atoms with Crippen LogP contribution >= 0.6 is 0 Å². The molecule has 3 atom stereocenters. The number of nitrogens with zero attached hydrogens (tertiary/aromatic N) is 1. The van der Waals surface area contributed by atoms with E-state index >= 15 is 0 Å². The minimum atomic E-state index is -2.84. The maximum absolute atomic E-state index is 11.3. The molecular formula is C15H32N2O2S. The van der Waals surface area contributed by atoms with E-state index in [2.05, 4.69) is 37.9 Å². The van der Waals surface area contributed by atoms with Crippen LogP contribution in [0.15, 0.2) is 0 Å². The van der Waals surface area contributed by atoms with Crippen LogP contribution in [-0.4, -0.2) is 57.0 Å². The smallest absolute Gasteiger partial charge is 0.147 e. The van der Waals surface area contributed by atoms with Crippen molar-refractivity contribution in [3.8, 4) is 0 Å². The molecule has 1 fully saturated rings. The first-order valence-electron chi connectivity index (χ1n) is 7.89. The average Bonchev–Trinajstić information content (AvgIpc) is 2.35. The normalized spacial score (nSPS) is 26.9. The Bertz CT molecular complexity index is 381. The quantitative estimate of drug-likeness (QED) is 0.779. The van der Waals surface area contributed by atoms with Gasteiger partial charge in [0.1, 0.15) is 9.84 Å². The van der Waals surface area contributed by atoms with Crippen molar-refractivity contribution in [1.82, 2.24) is 10.2 Å². The van der Waals surface area contributed by atoms with Gasteiger partial charge in [0.15, 0.2) is 0 Å². The highest BCUT2D eigenvalue weighted by atomic mass is 32.2. The van der Waals surface area contributed by atoms with E-state index in [1.165, 1.54) is 12.7 Å². The van der Waals surface area contributed by atoms with Gasteiger partial charge in [-0.2, -0.15) is 0 Å². The highest BCUT2D eigenvalue weighted by Crippen LogP contribution is 2.20. The van der Waals surface area contributed by atoms with E-state index in [4.69, 9.17) is 0 Å². The van der Waals surface area contributed by atoms with Crippen LogP contribution in [0.1, 0.15) is 40.5 Å². The van der Waals surface area contributed by atoms with Crippen LogP contribution in [0, 0.1) is 11.8 Å². The van der Waals surface area contributed by atoms with E-state index in [1.54, 1.807) is 0 Å². The fourth-order valence-corrected chi connectivity index (χ4v) is 3.62. The zero-order chi connectivity index (χ0) is 15.3. The SMILES string of the molecule is CCC(C)C1CN(CCCS(C)(=O)=O)C(C(C)C)CN1. The molecule has 0 aromatic heterocycles. The van der Waals surface area contributed by atoms with Gasteiger partial charge < -0.3 is 5.32 Å². The molecule has 0 aromatic rings. The van der Waals surface area contributed by atoms with Gasteiger partial charge in [0, 0.05) is 31.4 Å². The van der Waals surface area contributed by atoms with Crippen LogP contribution in [0.25, 0.3) is 0 Å². The summed E-state index contributed by atoms with van der Waals surface area (Å²) >= 11 is 0. The number of nitrogens with one attached hydrogen (secondary N) is 1. The molecule has 20 heavy (non-hydrogen) atoms. The number of hydrogen-bond acceptors (Lipinski definition) is 4. The van der Waals surface area contributed by atoms with Crippen molar-refractivity contribution < 1.29 is 8.42 Å². The van der Waals surface area contributed by atoms with Crippen LogP contribution in [-0.2, 0) is 9.84 Å². The summed E-state index contributed by atoms with van der Waals surface area (Å²) in [7, 11) is -2.84. The van der Waals surface area contributed by atoms with Crippen molar-refractivity contribution in [2.75, 3.05) is 31.6 Å². The Morgan fingerprint density at radius 3 is 2.45 bits per heavy atom. The molecule has 3 unspecified atom stereocenters. The van der Waals surface area contributed by atoms with E-state index in [9.17, 15) is 8.42 Å². The summed E-state index contributed by atoms with van der Waals surface area (Å²) in [5, 5.41) is 3.68. The van der Waals surface area contributed by atoms with Crippen molar-refractivity contribution in [3.05, 3.63) is 0 Å². The maximum atomic E-state index is 11.3. The Morgan fingerprint density at radius 2 is 1.95 bits per heavy atom. The summed E-state index contributed by atoms with van der Waals surface area (Å²) in [4.78, 5) is 2.50. The van der Waals surface area contributed by atoms with E-state index in [-0.39, 0.29) is 0 Å². The summed E-state index contributed by atoms with van der Waals surface area (Å²) in [6, 6.07) is 1.06. The molecule has 4 nitrogen and oxygen atoms in total. The highest BCUT2D eigenvalue weighted by molar-refractivity contribution is 7.90. The van der Waals surface area contributed by atoms with Crippen molar-refractivity contribution in [3.63, 3.8) is 0 Å². The molecule has 0 aromatic carbocycles. The molecule has 0 bridgehead atoms. The zero-order valence-corrected chi connectivity index (χ0v) is 14.5. The van der Waals surface area contributed by atoms with Gasteiger partial charge in [-0.15, -0.1) is 0 Å². The van der Waals surface area contributed by atoms with Gasteiger partial charge in [0.25, 0.3) is 0 Å². The molecule has 1 rings (SSSR count). The topological polar surface area (TPSA) is 49.4 Å². The molecule has 0 aliphatic carbocycles.